The van der Waals surface area contributed by atoms with Crippen molar-refractivity contribution in [3.8, 4) is 33.8 Å². The third-order valence-corrected chi connectivity index (χ3v) is 9.05. The summed E-state index contributed by atoms with van der Waals surface area (Å²) in [7, 11) is 8.16. The summed E-state index contributed by atoms with van der Waals surface area (Å²) < 4.78 is 3.53. The van der Waals surface area contributed by atoms with Crippen LogP contribution in [-0.4, -0.2) is 10.2 Å². The van der Waals surface area contributed by atoms with Crippen LogP contribution in [-0.2, 0) is 19.5 Å². The molecule has 0 bridgehead atoms. The van der Waals surface area contributed by atoms with Gasteiger partial charge in [0.25, 0.3) is 0 Å². The number of para-hydroxylation sites is 2. The van der Waals surface area contributed by atoms with E-state index >= 15 is 0 Å². The van der Waals surface area contributed by atoms with E-state index in [1.165, 1.54) is 22.3 Å². The van der Waals surface area contributed by atoms with Gasteiger partial charge in [-0.15, -0.1) is 0 Å². The third kappa shape index (κ3) is 8.39. The van der Waals surface area contributed by atoms with Crippen molar-refractivity contribution < 1.29 is 38.8 Å². The Balaban J connectivity index is 0.000000178. The van der Waals surface area contributed by atoms with Crippen LogP contribution in [0.1, 0.15) is 22.5 Å². The number of aromatic nitrogens is 2. The van der Waals surface area contributed by atoms with E-state index in [2.05, 4.69) is 99.0 Å². The van der Waals surface area contributed by atoms with E-state index in [1.54, 1.807) is 21.3 Å². The van der Waals surface area contributed by atoms with Crippen LogP contribution in [0.5, 0.6) is 11.5 Å². The molecule has 0 amide bonds. The molecule has 0 fully saturated rings. The van der Waals surface area contributed by atoms with Crippen LogP contribution in [0.3, 0.4) is 0 Å². The Kier molecular flexibility index (Phi) is 11.5. The smallest absolute Gasteiger partial charge is 0.154 e. The Morgan fingerprint density at radius 1 is 0.358 bits per heavy atom. The molecule has 53 heavy (non-hydrogen) atoms. The molecular weight excluding hydrogens is 702 g/mol. The minimum Gasteiger partial charge on any atom is -0.514 e. The summed E-state index contributed by atoms with van der Waals surface area (Å²) in [5.41, 5.74) is 10.4. The van der Waals surface area contributed by atoms with Gasteiger partial charge in [-0.05, 0) is 80.6 Å². The van der Waals surface area contributed by atoms with Gasteiger partial charge in [0, 0.05) is 33.6 Å². The topological polar surface area (TPSA) is 48.2 Å². The molecule has 0 aliphatic carbocycles. The first-order valence-corrected chi connectivity index (χ1v) is 17.1. The summed E-state index contributed by atoms with van der Waals surface area (Å²) in [6, 6.07) is 56.5. The number of phenolic OH excluding ortho intramolecular Hbond substituents is 2. The van der Waals surface area contributed by atoms with Crippen LogP contribution in [0.25, 0.3) is 68.4 Å². The summed E-state index contributed by atoms with van der Waals surface area (Å²) in [6.07, 6.45) is 8.13. The predicted octanol–water partition coefficient (Wildman–Crippen LogP) is 10.6. The molecule has 4 nitrogen and oxygen atoms in total. The number of phenols is 2. The van der Waals surface area contributed by atoms with E-state index in [0.29, 0.717) is 0 Å². The van der Waals surface area contributed by atoms with Crippen molar-refractivity contribution >= 4 is 46.1 Å². The second kappa shape index (κ2) is 16.7. The number of rotatable bonds is 6. The molecule has 0 spiro atoms. The summed E-state index contributed by atoms with van der Waals surface area (Å²) in [5.74, 6) is 0.472. The molecule has 2 heterocycles. The molecule has 0 saturated heterocycles. The van der Waals surface area contributed by atoms with Crippen molar-refractivity contribution in [3.05, 3.63) is 206 Å². The minimum atomic E-state index is 0. The molecule has 2 N–H and O–H groups in total. The third-order valence-electron chi connectivity index (χ3n) is 9.05. The fourth-order valence-corrected chi connectivity index (χ4v) is 6.23. The Labute approximate surface area is 323 Å². The van der Waals surface area contributed by atoms with Gasteiger partial charge < -0.3 is 19.3 Å². The van der Waals surface area contributed by atoms with Crippen LogP contribution in [0, 0.1) is 14.1 Å². The van der Waals surface area contributed by atoms with Crippen LogP contribution in [0.4, 0.5) is 0 Å². The standard InChI is InChI=1S/2C24H19NO.Zn/c2*1-25-22(17-15-21-8-5-9-23(26)24(21)25)16-12-18-10-13-20(14-11-18)19-6-3-2-4-7-19;/h2*2-17,26H,1H2;/b2*16-12+;. The first kappa shape index (κ1) is 36.4. The van der Waals surface area contributed by atoms with Gasteiger partial charge in [-0.1, -0.05) is 158 Å². The average Bonchev–Trinajstić information content (AvgIpc) is 3.19. The van der Waals surface area contributed by atoms with Gasteiger partial charge in [-0.3, -0.25) is 0 Å². The average molecular weight is 740 g/mol. The zero-order chi connectivity index (χ0) is 35.9. The molecule has 0 saturated carbocycles. The van der Waals surface area contributed by atoms with Crippen LogP contribution in [0.15, 0.2) is 170 Å². The molecule has 5 heteroatoms. The number of pyridine rings is 2. The molecular formula is C48H38N2O2Zn. The fourth-order valence-electron chi connectivity index (χ4n) is 6.23. The van der Waals surface area contributed by atoms with Gasteiger partial charge in [-0.2, -0.15) is 0 Å². The maximum absolute atomic E-state index is 10.1. The second-order valence-electron chi connectivity index (χ2n) is 12.4. The predicted molar refractivity (Wildman–Crippen MR) is 215 cm³/mol. The number of hydrogen-bond acceptors (Lipinski definition) is 2. The Hall–Kier alpha value is -6.42. The molecule has 8 aromatic rings. The molecule has 0 aliphatic heterocycles. The zero-order valence-corrected chi connectivity index (χ0v) is 32.4. The van der Waals surface area contributed by atoms with Crippen molar-refractivity contribution in [2.24, 2.45) is 0 Å². The largest absolute Gasteiger partial charge is 0.514 e. The van der Waals surface area contributed by atoms with Crippen molar-refractivity contribution in [2.45, 2.75) is 0 Å². The summed E-state index contributed by atoms with van der Waals surface area (Å²) in [6.45, 7) is 0. The normalized spacial score (nSPS) is 11.0. The van der Waals surface area contributed by atoms with Gasteiger partial charge in [0.1, 0.15) is 22.9 Å². The number of fused-ring (bicyclic) bond motifs is 2. The first-order chi connectivity index (χ1) is 25.4. The van der Waals surface area contributed by atoms with E-state index in [9.17, 15) is 10.2 Å². The molecule has 254 valence electrons. The fraction of sp³-hybridized carbons (Fsp3) is 0. The Bertz CT molecular complexity index is 2350. The Morgan fingerprint density at radius 3 is 1.09 bits per heavy atom. The van der Waals surface area contributed by atoms with Crippen molar-refractivity contribution in [1.82, 2.24) is 0 Å². The Morgan fingerprint density at radius 2 is 0.717 bits per heavy atom. The van der Waals surface area contributed by atoms with E-state index in [1.807, 2.05) is 97.1 Å². The summed E-state index contributed by atoms with van der Waals surface area (Å²) in [4.78, 5) is 0. The van der Waals surface area contributed by atoms with E-state index in [4.69, 9.17) is 0 Å². The quantitative estimate of drug-likeness (QED) is 0.101. The van der Waals surface area contributed by atoms with Gasteiger partial charge in [0.05, 0.1) is 0 Å². The minimum absolute atomic E-state index is 0. The van der Waals surface area contributed by atoms with E-state index < -0.39 is 0 Å². The van der Waals surface area contributed by atoms with Crippen LogP contribution >= 0.6 is 0 Å². The number of nitrogens with zero attached hydrogens (tertiary/aromatic N) is 2. The number of aromatic hydroxyl groups is 2. The van der Waals surface area contributed by atoms with Gasteiger partial charge in [-0.25, -0.2) is 0 Å². The van der Waals surface area contributed by atoms with Crippen molar-refractivity contribution in [2.75, 3.05) is 0 Å². The zero-order valence-electron chi connectivity index (χ0n) is 29.4. The molecule has 0 atom stereocenters. The number of hydrogen-bond donors (Lipinski definition) is 2. The van der Waals surface area contributed by atoms with Gasteiger partial charge >= 0.3 is 0 Å². The van der Waals surface area contributed by atoms with Gasteiger partial charge in [0.15, 0.2) is 11.0 Å². The molecule has 8 rings (SSSR count). The first-order valence-electron chi connectivity index (χ1n) is 17.1. The molecule has 0 radical (unpaired) electrons. The van der Waals surface area contributed by atoms with E-state index in [0.717, 1.165) is 44.3 Å². The summed E-state index contributed by atoms with van der Waals surface area (Å²) >= 11 is 0. The monoisotopic (exact) mass is 738 g/mol. The van der Waals surface area contributed by atoms with Crippen molar-refractivity contribution in [3.63, 3.8) is 0 Å². The SMILES string of the molecule is [CH2-][n+]1c(/C=C/c2ccc(-c3ccccc3)cc2)ccc2cccc(O)c21.[CH2-][n+]1c(/C=C/c2ccc(-c3ccccc3)cc2)ccc2cccc(O)c21.[Zn]. The molecule has 0 unspecified atom stereocenters. The number of benzene rings is 6. The van der Waals surface area contributed by atoms with Crippen LogP contribution in [0.2, 0.25) is 0 Å². The summed E-state index contributed by atoms with van der Waals surface area (Å²) in [5, 5.41) is 22.2. The maximum Gasteiger partial charge on any atom is 0.154 e. The van der Waals surface area contributed by atoms with Crippen LogP contribution < -0.4 is 9.13 Å². The maximum atomic E-state index is 10.1. The molecule has 0 aliphatic rings. The van der Waals surface area contributed by atoms with Crippen molar-refractivity contribution in [1.29, 1.82) is 0 Å². The van der Waals surface area contributed by atoms with Gasteiger partial charge in [0.2, 0.25) is 0 Å². The second-order valence-corrected chi connectivity index (χ2v) is 12.4. The molecule has 6 aromatic carbocycles. The molecule has 2 aromatic heterocycles. The van der Waals surface area contributed by atoms with E-state index in [-0.39, 0.29) is 31.0 Å².